The van der Waals surface area contributed by atoms with E-state index in [4.69, 9.17) is 13.9 Å². The third-order valence-electron chi connectivity index (χ3n) is 6.28. The van der Waals surface area contributed by atoms with Crippen LogP contribution in [0.2, 0.25) is 0 Å². The van der Waals surface area contributed by atoms with E-state index in [-0.39, 0.29) is 17.4 Å². The maximum Gasteiger partial charge on any atom is 0.232 e. The number of amides is 1. The van der Waals surface area contributed by atoms with Crippen molar-refractivity contribution < 1.29 is 22.9 Å². The second-order valence-corrected chi connectivity index (χ2v) is 10.1. The number of aromatic nitrogens is 1. The zero-order valence-electron chi connectivity index (χ0n) is 20.7. The lowest BCUT2D eigenvalue weighted by atomic mass is 10.00. The highest BCUT2D eigenvalue weighted by Crippen LogP contribution is 2.32. The van der Waals surface area contributed by atoms with Gasteiger partial charge in [0.15, 0.2) is 11.5 Å². The first kappa shape index (κ1) is 26.2. The number of piperidine rings is 1. The van der Waals surface area contributed by atoms with Gasteiger partial charge in [-0.1, -0.05) is 13.3 Å². The summed E-state index contributed by atoms with van der Waals surface area (Å²) in [5.74, 6) is 2.13. The molecule has 1 aliphatic heterocycles. The van der Waals surface area contributed by atoms with Crippen LogP contribution in [0.4, 0.5) is 0 Å². The molecule has 2 aromatic rings. The summed E-state index contributed by atoms with van der Waals surface area (Å²) in [7, 11) is 1.77. The molecule has 0 spiro atoms. The zero-order chi connectivity index (χ0) is 24.5. The molecule has 34 heavy (non-hydrogen) atoms. The number of methoxy groups -OCH3 is 2. The van der Waals surface area contributed by atoms with Crippen molar-refractivity contribution in [2.75, 3.05) is 39.6 Å². The van der Waals surface area contributed by atoms with Gasteiger partial charge >= 0.3 is 0 Å². The highest BCUT2D eigenvalue weighted by atomic mass is 32.2. The van der Waals surface area contributed by atoms with Gasteiger partial charge in [0.2, 0.25) is 11.8 Å². The van der Waals surface area contributed by atoms with Crippen molar-refractivity contribution in [2.24, 2.45) is 0 Å². The van der Waals surface area contributed by atoms with Crippen molar-refractivity contribution in [3.63, 3.8) is 0 Å². The van der Waals surface area contributed by atoms with Gasteiger partial charge in [0.25, 0.3) is 0 Å². The summed E-state index contributed by atoms with van der Waals surface area (Å²) in [5.41, 5.74) is 1.32. The van der Waals surface area contributed by atoms with Crippen LogP contribution in [0.5, 0.6) is 11.5 Å². The minimum atomic E-state index is -1.37. The van der Waals surface area contributed by atoms with E-state index in [1.807, 2.05) is 6.07 Å². The van der Waals surface area contributed by atoms with Crippen LogP contribution in [-0.2, 0) is 21.3 Å². The number of nitrogens with zero attached hydrogens (tertiary/aromatic N) is 2. The van der Waals surface area contributed by atoms with Crippen LogP contribution in [0, 0.1) is 6.92 Å². The lowest BCUT2D eigenvalue weighted by Gasteiger charge is -2.35. The number of benzene rings is 1. The quantitative estimate of drug-likeness (QED) is 0.453. The molecule has 1 fully saturated rings. The van der Waals surface area contributed by atoms with E-state index in [2.05, 4.69) is 22.1 Å². The maximum absolute atomic E-state index is 12.6. The highest BCUT2D eigenvalue weighted by Gasteiger charge is 2.20. The molecule has 8 nitrogen and oxygen atoms in total. The Kier molecular flexibility index (Phi) is 9.95. The van der Waals surface area contributed by atoms with Gasteiger partial charge in [-0.25, -0.2) is 4.98 Å². The number of rotatable bonds is 12. The van der Waals surface area contributed by atoms with E-state index in [1.54, 1.807) is 33.3 Å². The zero-order valence-corrected chi connectivity index (χ0v) is 21.5. The monoisotopic (exact) mass is 491 g/mol. The minimum Gasteiger partial charge on any atom is -0.493 e. The molecule has 9 heteroatoms. The van der Waals surface area contributed by atoms with Crippen LogP contribution in [0.15, 0.2) is 22.6 Å². The molecule has 2 atom stereocenters. The standard InChI is InChI=1S/C25H37N3O5S/c1-5-20-9-6-7-13-28(20)14-8-12-26-24(29)17-34(30)16-21-18(2)33-25(27-21)19-10-11-22(31-3)23(15-19)32-4/h10-11,15,20H,5-9,12-14,16-17H2,1-4H3,(H,26,29)/t20-,34+/m1/s1. The fourth-order valence-electron chi connectivity index (χ4n) is 4.38. The molecule has 1 saturated heterocycles. The Hall–Kier alpha value is -2.39. The highest BCUT2D eigenvalue weighted by molar-refractivity contribution is 7.84. The van der Waals surface area contributed by atoms with Crippen LogP contribution in [0.25, 0.3) is 11.5 Å². The minimum absolute atomic E-state index is 0.0424. The molecule has 1 N–H and O–H groups in total. The average molecular weight is 492 g/mol. The van der Waals surface area contributed by atoms with Crippen LogP contribution >= 0.6 is 0 Å². The predicted molar refractivity (Wildman–Crippen MR) is 134 cm³/mol. The number of likely N-dealkylation sites (tertiary alicyclic amines) is 1. The third kappa shape index (κ3) is 7.06. The number of carbonyl (C=O) groups is 1. The number of nitrogens with one attached hydrogen (secondary N) is 1. The lowest BCUT2D eigenvalue weighted by molar-refractivity contribution is -0.118. The molecule has 0 bridgehead atoms. The van der Waals surface area contributed by atoms with Gasteiger partial charge in [-0.3, -0.25) is 9.00 Å². The van der Waals surface area contributed by atoms with Crippen LogP contribution in [-0.4, -0.2) is 65.6 Å². The van der Waals surface area contributed by atoms with Gasteiger partial charge in [0.1, 0.15) is 11.5 Å². The Labute approximate surface area is 204 Å². The molecule has 0 aliphatic carbocycles. The van der Waals surface area contributed by atoms with Gasteiger partial charge < -0.3 is 24.1 Å². The van der Waals surface area contributed by atoms with Gasteiger partial charge in [-0.05, 0) is 57.4 Å². The lowest BCUT2D eigenvalue weighted by Crippen LogP contribution is -2.40. The van der Waals surface area contributed by atoms with Crippen molar-refractivity contribution >= 4 is 16.7 Å². The van der Waals surface area contributed by atoms with Crippen LogP contribution in [0.3, 0.4) is 0 Å². The van der Waals surface area contributed by atoms with Gasteiger partial charge in [0.05, 0.1) is 25.7 Å². The van der Waals surface area contributed by atoms with E-state index in [1.165, 1.54) is 25.7 Å². The number of hydrogen-bond acceptors (Lipinski definition) is 7. The molecule has 1 amide bonds. The Bertz CT molecular complexity index is 977. The molecule has 1 aromatic carbocycles. The smallest absolute Gasteiger partial charge is 0.232 e. The molecule has 0 unspecified atom stereocenters. The normalized spacial score (nSPS) is 17.4. The van der Waals surface area contributed by atoms with E-state index >= 15 is 0 Å². The SMILES string of the molecule is CC[C@@H]1CCCCN1CCCNC(=O)C[S@@](=O)Cc1nc(-c2ccc(OC)c(OC)c2)oc1C. The summed E-state index contributed by atoms with van der Waals surface area (Å²) in [6.45, 7) is 6.79. The largest absolute Gasteiger partial charge is 0.493 e. The second kappa shape index (κ2) is 12.9. The molecule has 3 rings (SSSR count). The summed E-state index contributed by atoms with van der Waals surface area (Å²) < 4.78 is 29.0. The summed E-state index contributed by atoms with van der Waals surface area (Å²) >= 11 is 0. The second-order valence-electron chi connectivity index (χ2n) is 8.62. The Morgan fingerprint density at radius 2 is 2.06 bits per heavy atom. The third-order valence-corrected chi connectivity index (χ3v) is 7.46. The summed E-state index contributed by atoms with van der Waals surface area (Å²) in [6.07, 6.45) is 5.94. The van der Waals surface area contributed by atoms with E-state index in [0.717, 1.165) is 25.1 Å². The van der Waals surface area contributed by atoms with Crippen molar-refractivity contribution in [1.82, 2.24) is 15.2 Å². The molecule has 0 saturated carbocycles. The molecule has 1 aromatic heterocycles. The van der Waals surface area contributed by atoms with Crippen LogP contribution < -0.4 is 14.8 Å². The molecule has 1 aliphatic rings. The Balaban J connectivity index is 1.46. The fraction of sp³-hybridized carbons (Fsp3) is 0.600. The average Bonchev–Trinajstić information content (AvgIpc) is 3.21. The first-order valence-electron chi connectivity index (χ1n) is 12.0. The topological polar surface area (TPSA) is 93.9 Å². The van der Waals surface area contributed by atoms with Gasteiger partial charge in [-0.15, -0.1) is 0 Å². The first-order valence-corrected chi connectivity index (χ1v) is 13.5. The number of oxazole rings is 1. The van der Waals surface area contributed by atoms with E-state index in [9.17, 15) is 9.00 Å². The summed E-state index contributed by atoms with van der Waals surface area (Å²) in [4.78, 5) is 19.3. The maximum atomic E-state index is 12.6. The number of hydrogen-bond donors (Lipinski definition) is 1. The van der Waals surface area contributed by atoms with E-state index in [0.29, 0.717) is 41.4 Å². The summed E-state index contributed by atoms with van der Waals surface area (Å²) in [5, 5.41) is 2.91. The fourth-order valence-corrected chi connectivity index (χ4v) is 5.45. The summed E-state index contributed by atoms with van der Waals surface area (Å²) in [6, 6.07) is 6.06. The van der Waals surface area contributed by atoms with Crippen molar-refractivity contribution in [1.29, 1.82) is 0 Å². The van der Waals surface area contributed by atoms with Crippen molar-refractivity contribution in [3.05, 3.63) is 29.7 Å². The van der Waals surface area contributed by atoms with E-state index < -0.39 is 10.8 Å². The number of carbonyl (C=O) groups excluding carboxylic acids is 1. The van der Waals surface area contributed by atoms with Crippen LogP contribution in [0.1, 0.15) is 50.5 Å². The predicted octanol–water partition coefficient (Wildman–Crippen LogP) is 3.69. The van der Waals surface area contributed by atoms with Crippen molar-refractivity contribution in [3.8, 4) is 23.0 Å². The Morgan fingerprint density at radius 3 is 2.79 bits per heavy atom. The molecule has 2 heterocycles. The first-order chi connectivity index (χ1) is 16.4. The van der Waals surface area contributed by atoms with Gasteiger partial charge in [-0.2, -0.15) is 0 Å². The molecule has 188 valence electrons. The molecule has 0 radical (unpaired) electrons. The Morgan fingerprint density at radius 1 is 1.26 bits per heavy atom. The van der Waals surface area contributed by atoms with Gasteiger partial charge in [0, 0.05) is 35.5 Å². The van der Waals surface area contributed by atoms with Crippen molar-refractivity contribution in [2.45, 2.75) is 57.7 Å². The number of aryl methyl sites for hydroxylation is 1. The molecular formula is C25H37N3O5S. The number of ether oxygens (including phenoxy) is 2. The molecular weight excluding hydrogens is 454 g/mol.